The van der Waals surface area contributed by atoms with Crippen LogP contribution in [0.3, 0.4) is 0 Å². The lowest BCUT2D eigenvalue weighted by molar-refractivity contribution is 0.607. The Labute approximate surface area is 151 Å². The fraction of sp³-hybridized carbons (Fsp3) is 0.143. The average molecular weight is 429 g/mol. The van der Waals surface area contributed by atoms with E-state index in [-0.39, 0.29) is 5.28 Å². The first kappa shape index (κ1) is 17.0. The largest absolute Gasteiger partial charge is 0.281 e. The van der Waals surface area contributed by atoms with Crippen molar-refractivity contribution < 1.29 is 8.42 Å². The van der Waals surface area contributed by atoms with E-state index >= 15 is 0 Å². The summed E-state index contributed by atoms with van der Waals surface area (Å²) in [6.07, 6.45) is 6.04. The Morgan fingerprint density at radius 3 is 2.71 bits per heavy atom. The highest BCUT2D eigenvalue weighted by atomic mass is 79.9. The molecule has 7 nitrogen and oxygen atoms in total. The molecule has 0 aliphatic heterocycles. The SMILES string of the molecule is CS(=O)(=O)Nc1c(Cc2nc(Cl)ncc2Br)ccc2nccnc12. The third kappa shape index (κ3) is 3.80. The summed E-state index contributed by atoms with van der Waals surface area (Å²) in [6.45, 7) is 0. The maximum Gasteiger partial charge on any atom is 0.229 e. The highest BCUT2D eigenvalue weighted by molar-refractivity contribution is 9.10. The molecule has 0 saturated carbocycles. The van der Waals surface area contributed by atoms with Gasteiger partial charge in [-0.15, -0.1) is 0 Å². The van der Waals surface area contributed by atoms with Gasteiger partial charge in [-0.2, -0.15) is 0 Å². The third-order valence-electron chi connectivity index (χ3n) is 3.16. The smallest absolute Gasteiger partial charge is 0.229 e. The van der Waals surface area contributed by atoms with E-state index < -0.39 is 10.0 Å². The normalized spacial score (nSPS) is 11.6. The second-order valence-electron chi connectivity index (χ2n) is 5.01. The Hall–Kier alpha value is -1.84. The van der Waals surface area contributed by atoms with Crippen LogP contribution in [0.5, 0.6) is 0 Å². The third-order valence-corrected chi connectivity index (χ3v) is 4.58. The molecule has 0 amide bonds. The van der Waals surface area contributed by atoms with Crippen LogP contribution >= 0.6 is 27.5 Å². The Balaban J connectivity index is 2.16. The number of fused-ring (bicyclic) bond motifs is 1. The summed E-state index contributed by atoms with van der Waals surface area (Å²) >= 11 is 9.22. The molecule has 0 spiro atoms. The van der Waals surface area contributed by atoms with Gasteiger partial charge in [0.05, 0.1) is 27.6 Å². The van der Waals surface area contributed by atoms with Gasteiger partial charge in [0.2, 0.25) is 15.3 Å². The number of hydrogen-bond acceptors (Lipinski definition) is 6. The highest BCUT2D eigenvalue weighted by Crippen LogP contribution is 2.29. The quantitative estimate of drug-likeness (QED) is 0.642. The second kappa shape index (κ2) is 6.58. The summed E-state index contributed by atoms with van der Waals surface area (Å²) in [7, 11) is -3.49. The van der Waals surface area contributed by atoms with Crippen LogP contribution in [-0.2, 0) is 16.4 Å². The molecule has 10 heteroatoms. The number of benzene rings is 1. The average Bonchev–Trinajstić information content (AvgIpc) is 2.52. The minimum absolute atomic E-state index is 0.117. The van der Waals surface area contributed by atoms with Crippen molar-refractivity contribution in [2.75, 3.05) is 11.0 Å². The van der Waals surface area contributed by atoms with Gasteiger partial charge >= 0.3 is 0 Å². The molecule has 124 valence electrons. The van der Waals surface area contributed by atoms with Crippen molar-refractivity contribution in [3.05, 3.63) is 51.7 Å². The van der Waals surface area contributed by atoms with Gasteiger partial charge in [0.1, 0.15) is 5.52 Å². The van der Waals surface area contributed by atoms with Crippen molar-refractivity contribution >= 4 is 54.3 Å². The molecule has 0 aliphatic carbocycles. The minimum Gasteiger partial charge on any atom is -0.281 e. The molecular formula is C14H11BrClN5O2S. The van der Waals surface area contributed by atoms with E-state index in [0.29, 0.717) is 38.9 Å². The molecule has 3 rings (SSSR count). The molecule has 1 aromatic carbocycles. The van der Waals surface area contributed by atoms with Gasteiger partial charge in [-0.3, -0.25) is 14.7 Å². The monoisotopic (exact) mass is 427 g/mol. The van der Waals surface area contributed by atoms with Gasteiger partial charge in [0.25, 0.3) is 0 Å². The van der Waals surface area contributed by atoms with E-state index in [2.05, 4.69) is 40.6 Å². The molecule has 0 unspecified atom stereocenters. The summed E-state index contributed by atoms with van der Waals surface area (Å²) < 4.78 is 26.7. The molecule has 0 atom stereocenters. The summed E-state index contributed by atoms with van der Waals surface area (Å²) in [5, 5.41) is 0.117. The fourth-order valence-corrected chi connectivity index (χ4v) is 3.29. The number of nitrogens with one attached hydrogen (secondary N) is 1. The van der Waals surface area contributed by atoms with Crippen LogP contribution in [0.2, 0.25) is 5.28 Å². The standard InChI is InChI=1S/C14H11BrClN5O2S/c1-24(22,23)21-12-8(2-3-10-13(12)18-5-4-17-10)6-11-9(15)7-19-14(16)20-11/h2-5,7,21H,6H2,1H3. The van der Waals surface area contributed by atoms with Crippen LogP contribution < -0.4 is 4.72 Å². The number of nitrogens with zero attached hydrogens (tertiary/aromatic N) is 4. The van der Waals surface area contributed by atoms with Crippen molar-refractivity contribution in [2.45, 2.75) is 6.42 Å². The number of rotatable bonds is 4. The molecule has 0 aliphatic rings. The Morgan fingerprint density at radius 1 is 1.21 bits per heavy atom. The van der Waals surface area contributed by atoms with Crippen molar-refractivity contribution in [1.29, 1.82) is 0 Å². The van der Waals surface area contributed by atoms with Crippen LogP contribution in [0.25, 0.3) is 11.0 Å². The minimum atomic E-state index is -3.49. The first-order chi connectivity index (χ1) is 11.3. The zero-order valence-electron chi connectivity index (χ0n) is 12.4. The van der Waals surface area contributed by atoms with Gasteiger partial charge in [-0.25, -0.2) is 18.4 Å². The molecule has 0 radical (unpaired) electrons. The van der Waals surface area contributed by atoms with E-state index in [0.717, 1.165) is 6.26 Å². The topological polar surface area (TPSA) is 97.7 Å². The van der Waals surface area contributed by atoms with Crippen LogP contribution in [0.15, 0.2) is 35.2 Å². The number of aromatic nitrogens is 4. The Bertz CT molecular complexity index is 1030. The molecule has 1 N–H and O–H groups in total. The van der Waals surface area contributed by atoms with Crippen LogP contribution in [-0.4, -0.2) is 34.6 Å². The summed E-state index contributed by atoms with van der Waals surface area (Å²) in [6, 6.07) is 3.56. The Morgan fingerprint density at radius 2 is 1.96 bits per heavy atom. The summed E-state index contributed by atoms with van der Waals surface area (Å²) in [4.78, 5) is 16.5. The van der Waals surface area contributed by atoms with Gasteiger partial charge < -0.3 is 0 Å². The van der Waals surface area contributed by atoms with Crippen molar-refractivity contribution in [3.63, 3.8) is 0 Å². The zero-order valence-corrected chi connectivity index (χ0v) is 15.5. The predicted octanol–water partition coefficient (Wildman–Crippen LogP) is 2.80. The van der Waals surface area contributed by atoms with E-state index in [1.54, 1.807) is 24.5 Å². The summed E-state index contributed by atoms with van der Waals surface area (Å²) in [5.41, 5.74) is 2.77. The number of halogens is 2. The van der Waals surface area contributed by atoms with Gasteiger partial charge in [-0.05, 0) is 39.2 Å². The van der Waals surface area contributed by atoms with E-state index in [4.69, 9.17) is 11.6 Å². The van der Waals surface area contributed by atoms with Crippen molar-refractivity contribution in [2.24, 2.45) is 0 Å². The van der Waals surface area contributed by atoms with E-state index in [1.165, 1.54) is 6.20 Å². The maximum absolute atomic E-state index is 11.8. The Kier molecular flexibility index (Phi) is 4.66. The lowest BCUT2D eigenvalue weighted by atomic mass is 10.1. The zero-order chi connectivity index (χ0) is 17.3. The molecule has 3 aromatic rings. The second-order valence-corrected chi connectivity index (χ2v) is 7.95. The van der Waals surface area contributed by atoms with Crippen molar-refractivity contribution in [1.82, 2.24) is 19.9 Å². The highest BCUT2D eigenvalue weighted by Gasteiger charge is 2.16. The fourth-order valence-electron chi connectivity index (χ4n) is 2.21. The van der Waals surface area contributed by atoms with Gasteiger partial charge in [0, 0.05) is 25.0 Å². The molecule has 0 fully saturated rings. The number of hydrogen-bond donors (Lipinski definition) is 1. The molecule has 0 saturated heterocycles. The lowest BCUT2D eigenvalue weighted by Gasteiger charge is -2.13. The lowest BCUT2D eigenvalue weighted by Crippen LogP contribution is -2.13. The van der Waals surface area contributed by atoms with Crippen LogP contribution in [0.4, 0.5) is 5.69 Å². The first-order valence-corrected chi connectivity index (χ1v) is 9.77. The molecule has 0 bridgehead atoms. The number of sulfonamides is 1. The molecule has 24 heavy (non-hydrogen) atoms. The molecule has 2 heterocycles. The summed E-state index contributed by atoms with van der Waals surface area (Å²) in [5.74, 6) is 0. The predicted molar refractivity (Wildman–Crippen MR) is 95.6 cm³/mol. The number of anilines is 1. The first-order valence-electron chi connectivity index (χ1n) is 6.71. The molecule has 2 aromatic heterocycles. The van der Waals surface area contributed by atoms with E-state index in [9.17, 15) is 8.42 Å². The van der Waals surface area contributed by atoms with Crippen LogP contribution in [0.1, 0.15) is 11.3 Å². The van der Waals surface area contributed by atoms with Gasteiger partial charge in [0.15, 0.2) is 0 Å². The van der Waals surface area contributed by atoms with E-state index in [1.807, 2.05) is 0 Å². The van der Waals surface area contributed by atoms with Crippen molar-refractivity contribution in [3.8, 4) is 0 Å². The van der Waals surface area contributed by atoms with Crippen LogP contribution in [0, 0.1) is 0 Å². The maximum atomic E-state index is 11.8. The molecular weight excluding hydrogens is 418 g/mol. The van der Waals surface area contributed by atoms with Gasteiger partial charge in [-0.1, -0.05) is 6.07 Å².